The van der Waals surface area contributed by atoms with Crippen LogP contribution in [-0.4, -0.2) is 13.0 Å². The molecule has 1 N–H and O–H groups in total. The summed E-state index contributed by atoms with van der Waals surface area (Å²) in [6, 6.07) is 0. The van der Waals surface area contributed by atoms with Gasteiger partial charge in [-0.2, -0.15) is 0 Å². The zero-order valence-electron chi connectivity index (χ0n) is 10.7. The van der Waals surface area contributed by atoms with Gasteiger partial charge in [-0.1, -0.05) is 57.3 Å². The quantitative estimate of drug-likeness (QED) is 0.361. The molecule has 0 heterocycles. The number of hydrogen-bond donors (Lipinski definition) is 1. The lowest BCUT2D eigenvalue weighted by Crippen LogP contribution is -2.13. The number of amides is 1. The number of nitrogens with one attached hydrogen (secondary N) is 1. The highest BCUT2D eigenvalue weighted by atomic mass is 16.1. The Bertz CT molecular complexity index is 219. The fourth-order valence-electron chi connectivity index (χ4n) is 1.44. The van der Waals surface area contributed by atoms with Gasteiger partial charge in [0.25, 0.3) is 0 Å². The van der Waals surface area contributed by atoms with E-state index in [9.17, 15) is 4.79 Å². The van der Waals surface area contributed by atoms with Crippen LogP contribution in [0.2, 0.25) is 0 Å². The summed E-state index contributed by atoms with van der Waals surface area (Å²) in [5.41, 5.74) is 0. The summed E-state index contributed by atoms with van der Waals surface area (Å²) in [5.74, 6) is -0.0517. The van der Waals surface area contributed by atoms with E-state index in [2.05, 4.69) is 18.3 Å². The molecule has 0 aromatic carbocycles. The van der Waals surface area contributed by atoms with Gasteiger partial charge in [0.05, 0.1) is 0 Å². The summed E-state index contributed by atoms with van der Waals surface area (Å²) in [6.07, 6.45) is 16.5. The van der Waals surface area contributed by atoms with Gasteiger partial charge in [0.15, 0.2) is 0 Å². The van der Waals surface area contributed by atoms with E-state index in [1.165, 1.54) is 44.6 Å². The molecule has 0 fully saturated rings. The van der Waals surface area contributed by atoms with Gasteiger partial charge in [-0.05, 0) is 12.8 Å². The first-order valence-corrected chi connectivity index (χ1v) is 6.36. The molecule has 0 bridgehead atoms. The molecular weight excluding hydrogens is 198 g/mol. The summed E-state index contributed by atoms with van der Waals surface area (Å²) in [7, 11) is 1.63. The van der Waals surface area contributed by atoms with Crippen LogP contribution in [0.15, 0.2) is 24.3 Å². The molecule has 0 aliphatic carbocycles. The first kappa shape index (κ1) is 14.9. The summed E-state index contributed by atoms with van der Waals surface area (Å²) in [6.45, 7) is 2.24. The van der Waals surface area contributed by atoms with Crippen molar-refractivity contribution in [2.45, 2.75) is 51.9 Å². The Balaban J connectivity index is 3.28. The van der Waals surface area contributed by atoms with E-state index in [0.717, 1.165) is 6.42 Å². The maximum Gasteiger partial charge on any atom is 0.243 e. The van der Waals surface area contributed by atoms with Crippen molar-refractivity contribution in [3.05, 3.63) is 24.3 Å². The molecule has 92 valence electrons. The van der Waals surface area contributed by atoms with E-state index < -0.39 is 0 Å². The van der Waals surface area contributed by atoms with Crippen LogP contribution < -0.4 is 5.32 Å². The lowest BCUT2D eigenvalue weighted by atomic mass is 10.1. The van der Waals surface area contributed by atoms with E-state index >= 15 is 0 Å². The Morgan fingerprint density at radius 3 is 2.44 bits per heavy atom. The van der Waals surface area contributed by atoms with Gasteiger partial charge in [0, 0.05) is 13.1 Å². The summed E-state index contributed by atoms with van der Waals surface area (Å²) < 4.78 is 0. The van der Waals surface area contributed by atoms with Crippen LogP contribution in [0.5, 0.6) is 0 Å². The Labute approximate surface area is 99.8 Å². The van der Waals surface area contributed by atoms with Crippen LogP contribution in [-0.2, 0) is 4.79 Å². The molecule has 0 radical (unpaired) electrons. The third-order valence-corrected chi connectivity index (χ3v) is 2.47. The third-order valence-electron chi connectivity index (χ3n) is 2.47. The van der Waals surface area contributed by atoms with Gasteiger partial charge in [-0.15, -0.1) is 0 Å². The zero-order chi connectivity index (χ0) is 12.1. The third kappa shape index (κ3) is 11.0. The summed E-state index contributed by atoms with van der Waals surface area (Å²) in [5, 5.41) is 2.54. The molecule has 0 rings (SSSR count). The molecule has 2 nitrogen and oxygen atoms in total. The van der Waals surface area contributed by atoms with Crippen LogP contribution in [0.3, 0.4) is 0 Å². The van der Waals surface area contributed by atoms with E-state index in [4.69, 9.17) is 0 Å². The van der Waals surface area contributed by atoms with Gasteiger partial charge >= 0.3 is 0 Å². The average Bonchev–Trinajstić information content (AvgIpc) is 2.31. The van der Waals surface area contributed by atoms with E-state index in [1.807, 2.05) is 6.08 Å². The number of rotatable bonds is 9. The molecule has 0 aliphatic heterocycles. The van der Waals surface area contributed by atoms with Crippen molar-refractivity contribution in [3.8, 4) is 0 Å². The van der Waals surface area contributed by atoms with E-state index in [-0.39, 0.29) is 5.91 Å². The van der Waals surface area contributed by atoms with Crippen LogP contribution >= 0.6 is 0 Å². The van der Waals surface area contributed by atoms with Gasteiger partial charge in [0.1, 0.15) is 0 Å². The second kappa shape index (κ2) is 12.0. The van der Waals surface area contributed by atoms with E-state index in [1.54, 1.807) is 13.1 Å². The molecule has 0 unspecified atom stereocenters. The van der Waals surface area contributed by atoms with Crippen molar-refractivity contribution in [2.75, 3.05) is 7.05 Å². The largest absolute Gasteiger partial charge is 0.356 e. The highest BCUT2D eigenvalue weighted by Gasteiger charge is 1.87. The number of unbranched alkanes of at least 4 members (excludes halogenated alkanes) is 6. The normalized spacial score (nSPS) is 11.4. The van der Waals surface area contributed by atoms with Gasteiger partial charge in [-0.25, -0.2) is 0 Å². The molecular formula is C14H25NO. The summed E-state index contributed by atoms with van der Waals surface area (Å²) in [4.78, 5) is 10.8. The highest BCUT2D eigenvalue weighted by Crippen LogP contribution is 2.06. The van der Waals surface area contributed by atoms with Crippen molar-refractivity contribution in [1.29, 1.82) is 0 Å². The number of carbonyl (C=O) groups is 1. The minimum atomic E-state index is -0.0517. The molecule has 0 aliphatic rings. The Morgan fingerprint density at radius 2 is 1.75 bits per heavy atom. The Hall–Kier alpha value is -1.05. The molecule has 0 aromatic rings. The second-order valence-electron chi connectivity index (χ2n) is 3.96. The molecule has 0 atom stereocenters. The number of carbonyl (C=O) groups excluding carboxylic acids is 1. The predicted molar refractivity (Wildman–Crippen MR) is 70.3 cm³/mol. The number of allylic oxidation sites excluding steroid dienone is 3. The van der Waals surface area contributed by atoms with Crippen molar-refractivity contribution < 1.29 is 4.79 Å². The molecule has 16 heavy (non-hydrogen) atoms. The average molecular weight is 223 g/mol. The second-order valence-corrected chi connectivity index (χ2v) is 3.96. The molecule has 0 saturated heterocycles. The monoisotopic (exact) mass is 223 g/mol. The van der Waals surface area contributed by atoms with Crippen LogP contribution in [0, 0.1) is 0 Å². The minimum Gasteiger partial charge on any atom is -0.356 e. The fourth-order valence-corrected chi connectivity index (χ4v) is 1.44. The SMILES string of the molecule is CCCCCCCC/C=C/C=C/C(=O)NC. The van der Waals surface area contributed by atoms with E-state index in [0.29, 0.717) is 0 Å². The van der Waals surface area contributed by atoms with Gasteiger partial charge in [0.2, 0.25) is 5.91 Å². The Kier molecular flexibility index (Phi) is 11.2. The van der Waals surface area contributed by atoms with Gasteiger partial charge < -0.3 is 5.32 Å². The molecule has 0 aromatic heterocycles. The maximum atomic E-state index is 10.8. The smallest absolute Gasteiger partial charge is 0.243 e. The van der Waals surface area contributed by atoms with Crippen LogP contribution in [0.1, 0.15) is 51.9 Å². The molecule has 0 spiro atoms. The molecule has 2 heteroatoms. The summed E-state index contributed by atoms with van der Waals surface area (Å²) >= 11 is 0. The van der Waals surface area contributed by atoms with Gasteiger partial charge in [-0.3, -0.25) is 4.79 Å². The maximum absolute atomic E-state index is 10.8. The molecule has 1 amide bonds. The molecule has 0 saturated carbocycles. The standard InChI is InChI=1S/C14H25NO/c1-3-4-5-6-7-8-9-10-11-12-13-14(16)15-2/h10-13H,3-9H2,1-2H3,(H,15,16)/b11-10+,13-12+. The highest BCUT2D eigenvalue weighted by molar-refractivity contribution is 5.87. The number of likely N-dealkylation sites (N-methyl/N-ethyl adjacent to an activating group) is 1. The van der Waals surface area contributed by atoms with Crippen molar-refractivity contribution in [3.63, 3.8) is 0 Å². The van der Waals surface area contributed by atoms with Crippen molar-refractivity contribution in [1.82, 2.24) is 5.32 Å². The Morgan fingerprint density at radius 1 is 1.06 bits per heavy atom. The zero-order valence-corrected chi connectivity index (χ0v) is 10.7. The van der Waals surface area contributed by atoms with Crippen LogP contribution in [0.4, 0.5) is 0 Å². The lowest BCUT2D eigenvalue weighted by molar-refractivity contribution is -0.116. The fraction of sp³-hybridized carbons (Fsp3) is 0.643. The predicted octanol–water partition coefficient (Wildman–Crippen LogP) is 3.60. The topological polar surface area (TPSA) is 29.1 Å². The lowest BCUT2D eigenvalue weighted by Gasteiger charge is -1.97. The first-order chi connectivity index (χ1) is 7.81. The first-order valence-electron chi connectivity index (χ1n) is 6.36. The van der Waals surface area contributed by atoms with Crippen LogP contribution in [0.25, 0.3) is 0 Å². The van der Waals surface area contributed by atoms with Crippen molar-refractivity contribution >= 4 is 5.91 Å². The minimum absolute atomic E-state index is 0.0517. The van der Waals surface area contributed by atoms with Crippen molar-refractivity contribution in [2.24, 2.45) is 0 Å². The number of hydrogen-bond acceptors (Lipinski definition) is 1.